The number of Topliss-reactive ketones (excluding diaryl/α,β-unsaturated/α-hetero) is 1. The molecule has 148 valence electrons. The molecule has 0 amide bonds. The van der Waals surface area contributed by atoms with E-state index >= 15 is 0 Å². The Hall–Kier alpha value is -0.660. The molecule has 0 aliphatic rings. The molecule has 0 saturated heterocycles. The van der Waals surface area contributed by atoms with Crippen molar-refractivity contribution in [3.8, 4) is 6.07 Å². The molecule has 0 heterocycles. The summed E-state index contributed by atoms with van der Waals surface area (Å²) in [6.45, 7) is 5.18. The second kappa shape index (κ2) is 15.4. The number of nitriles is 1. The van der Waals surface area contributed by atoms with Crippen LogP contribution in [0.25, 0.3) is 0 Å². The first-order valence-electron chi connectivity index (χ1n) is 8.49. The maximum atomic E-state index is 12.0. The van der Waals surface area contributed by atoms with Crippen molar-refractivity contribution in [2.24, 2.45) is 0 Å². The van der Waals surface area contributed by atoms with Crippen LogP contribution in [0, 0.1) is 11.3 Å². The van der Waals surface area contributed by atoms with Crippen molar-refractivity contribution in [3.63, 3.8) is 0 Å². The minimum absolute atomic E-state index is 0.0176. The Morgan fingerprint density at radius 3 is 2.38 bits per heavy atom. The molecule has 0 aromatic carbocycles. The molecule has 1 unspecified atom stereocenters. The van der Waals surface area contributed by atoms with Gasteiger partial charge in [-0.15, -0.1) is 11.8 Å². The summed E-state index contributed by atoms with van der Waals surface area (Å²) in [5, 5.41) is 17.8. The number of hydrogen-bond donors (Lipinski definition) is 1. The molecular formula is C17H27NO5S3. The van der Waals surface area contributed by atoms with Gasteiger partial charge in [-0.3, -0.25) is 9.59 Å². The summed E-state index contributed by atoms with van der Waals surface area (Å²) in [6.07, 6.45) is 1.86. The first-order valence-corrected chi connectivity index (χ1v) is 10.7. The molecule has 0 aliphatic carbocycles. The number of hydrogen-bond acceptors (Lipinski definition) is 8. The first kappa shape index (κ1) is 25.3. The Labute approximate surface area is 169 Å². The molecule has 9 heteroatoms. The summed E-state index contributed by atoms with van der Waals surface area (Å²) >= 11 is 8.13. The van der Waals surface area contributed by atoms with Crippen LogP contribution in [0.2, 0.25) is 0 Å². The molecule has 1 N–H and O–H groups in total. The lowest BCUT2D eigenvalue weighted by molar-refractivity contribution is -0.138. The molecule has 0 rings (SSSR count). The zero-order valence-electron chi connectivity index (χ0n) is 15.3. The Kier molecular flexibility index (Phi) is 15.0. The van der Waals surface area contributed by atoms with Crippen molar-refractivity contribution in [2.75, 3.05) is 32.2 Å². The summed E-state index contributed by atoms with van der Waals surface area (Å²) in [4.78, 5) is 22.2. The number of carbonyl (C=O) groups excluding carboxylic acids is 1. The molecular weight excluding hydrogens is 394 g/mol. The molecule has 1 atom stereocenters. The van der Waals surface area contributed by atoms with Crippen LogP contribution >= 0.6 is 35.7 Å². The maximum Gasteiger partial charge on any atom is 0.305 e. The highest BCUT2D eigenvalue weighted by molar-refractivity contribution is 8.47. The van der Waals surface area contributed by atoms with E-state index in [0.29, 0.717) is 45.5 Å². The van der Waals surface area contributed by atoms with Gasteiger partial charge in [0, 0.05) is 19.4 Å². The van der Waals surface area contributed by atoms with Crippen molar-refractivity contribution in [3.05, 3.63) is 0 Å². The third kappa shape index (κ3) is 14.5. The smallest absolute Gasteiger partial charge is 0.305 e. The van der Waals surface area contributed by atoms with E-state index in [-0.39, 0.29) is 18.8 Å². The molecule has 0 fully saturated rings. The summed E-state index contributed by atoms with van der Waals surface area (Å²) in [5.41, 5.74) is 0. The molecule has 0 aromatic heterocycles. The normalized spacial score (nSPS) is 13.0. The summed E-state index contributed by atoms with van der Waals surface area (Å²) in [5.74, 6) is 0.0976. The van der Waals surface area contributed by atoms with Crippen LogP contribution in [0.15, 0.2) is 0 Å². The lowest BCUT2D eigenvalue weighted by Crippen LogP contribution is -2.20. The van der Waals surface area contributed by atoms with Gasteiger partial charge in [-0.25, -0.2) is 0 Å². The molecule has 0 radical (unpaired) electrons. The van der Waals surface area contributed by atoms with Gasteiger partial charge in [-0.05, 0) is 25.5 Å². The van der Waals surface area contributed by atoms with Gasteiger partial charge in [0.25, 0.3) is 0 Å². The SMILES string of the molecule is CCSC(=S)SC(C)(C#N)CCC(=O)CCCOCCOCCC(=O)O. The van der Waals surface area contributed by atoms with Gasteiger partial charge in [0.1, 0.15) is 14.1 Å². The molecule has 26 heavy (non-hydrogen) atoms. The second-order valence-corrected chi connectivity index (χ2v) is 9.61. The number of rotatable bonds is 15. The van der Waals surface area contributed by atoms with Crippen LogP contribution in [0.1, 0.15) is 46.0 Å². The van der Waals surface area contributed by atoms with Gasteiger partial charge in [0.2, 0.25) is 0 Å². The number of carbonyl (C=O) groups is 2. The zero-order valence-corrected chi connectivity index (χ0v) is 17.8. The number of carboxylic acids is 1. The van der Waals surface area contributed by atoms with E-state index in [1.807, 2.05) is 13.8 Å². The fraction of sp³-hybridized carbons (Fsp3) is 0.765. The number of carboxylic acid groups (broad SMARTS) is 1. The summed E-state index contributed by atoms with van der Waals surface area (Å²) < 4.78 is 10.5. The number of nitrogens with zero attached hydrogens (tertiary/aromatic N) is 1. The van der Waals surface area contributed by atoms with Crippen molar-refractivity contribution >= 4 is 51.0 Å². The largest absolute Gasteiger partial charge is 0.481 e. The Morgan fingerprint density at radius 1 is 1.15 bits per heavy atom. The van der Waals surface area contributed by atoms with E-state index in [2.05, 4.69) is 6.07 Å². The number of thioether (sulfide) groups is 2. The topological polar surface area (TPSA) is 96.6 Å². The number of thiocarbonyl (C=S) groups is 1. The third-order valence-corrected chi connectivity index (χ3v) is 5.91. The van der Waals surface area contributed by atoms with Gasteiger partial charge in [0.05, 0.1) is 32.3 Å². The third-order valence-electron chi connectivity index (χ3n) is 3.26. The number of ketones is 1. The lowest BCUT2D eigenvalue weighted by atomic mass is 10.0. The molecule has 0 saturated carbocycles. The minimum Gasteiger partial charge on any atom is -0.481 e. The fourth-order valence-electron chi connectivity index (χ4n) is 1.82. The Balaban J connectivity index is 3.77. The predicted molar refractivity (Wildman–Crippen MR) is 110 cm³/mol. The maximum absolute atomic E-state index is 12.0. The average molecular weight is 422 g/mol. The van der Waals surface area contributed by atoms with Gasteiger partial charge in [-0.2, -0.15) is 5.26 Å². The van der Waals surface area contributed by atoms with E-state index < -0.39 is 10.7 Å². The van der Waals surface area contributed by atoms with E-state index in [0.717, 1.165) is 9.28 Å². The molecule has 0 aromatic rings. The monoisotopic (exact) mass is 421 g/mol. The van der Waals surface area contributed by atoms with E-state index in [9.17, 15) is 14.9 Å². The highest BCUT2D eigenvalue weighted by atomic mass is 32.2. The zero-order chi connectivity index (χ0) is 19.8. The Morgan fingerprint density at radius 2 is 1.81 bits per heavy atom. The van der Waals surface area contributed by atoms with Crippen molar-refractivity contribution in [2.45, 2.75) is 50.7 Å². The van der Waals surface area contributed by atoms with Crippen LogP contribution in [0.3, 0.4) is 0 Å². The summed E-state index contributed by atoms with van der Waals surface area (Å²) in [6, 6.07) is 2.27. The highest BCUT2D eigenvalue weighted by Crippen LogP contribution is 2.34. The van der Waals surface area contributed by atoms with E-state index in [4.69, 9.17) is 26.8 Å². The van der Waals surface area contributed by atoms with Crippen molar-refractivity contribution in [1.29, 1.82) is 5.26 Å². The van der Waals surface area contributed by atoms with E-state index in [1.165, 1.54) is 23.5 Å². The summed E-state index contributed by atoms with van der Waals surface area (Å²) in [7, 11) is 0. The van der Waals surface area contributed by atoms with Crippen LogP contribution < -0.4 is 0 Å². The van der Waals surface area contributed by atoms with Crippen LogP contribution in [0.5, 0.6) is 0 Å². The van der Waals surface area contributed by atoms with Gasteiger partial charge >= 0.3 is 5.97 Å². The quantitative estimate of drug-likeness (QED) is 0.314. The second-order valence-electron chi connectivity index (χ2n) is 5.64. The van der Waals surface area contributed by atoms with Crippen molar-refractivity contribution in [1.82, 2.24) is 0 Å². The van der Waals surface area contributed by atoms with Gasteiger partial charge < -0.3 is 14.6 Å². The van der Waals surface area contributed by atoms with Crippen LogP contribution in [-0.2, 0) is 19.1 Å². The first-order chi connectivity index (χ1) is 12.3. The number of aliphatic carboxylic acids is 1. The molecule has 0 aliphatic heterocycles. The fourth-order valence-corrected chi connectivity index (χ4v) is 4.72. The Bertz CT molecular complexity index is 495. The van der Waals surface area contributed by atoms with Crippen molar-refractivity contribution < 1.29 is 24.2 Å². The average Bonchev–Trinajstić information content (AvgIpc) is 2.58. The van der Waals surface area contributed by atoms with Crippen LogP contribution in [0.4, 0.5) is 0 Å². The standard InChI is InChI=1S/C17H27NO5S3/c1-3-25-16(24)26-17(2,13-18)8-6-14(19)5-4-9-22-11-12-23-10-7-15(20)21/h3-12H2,1-2H3,(H,20,21). The minimum atomic E-state index is -0.888. The highest BCUT2D eigenvalue weighted by Gasteiger charge is 2.27. The van der Waals surface area contributed by atoms with E-state index in [1.54, 1.807) is 0 Å². The van der Waals surface area contributed by atoms with Crippen LogP contribution in [-0.4, -0.2) is 57.3 Å². The number of ether oxygens (including phenoxy) is 2. The van der Waals surface area contributed by atoms with Gasteiger partial charge in [0.15, 0.2) is 0 Å². The molecule has 0 spiro atoms. The van der Waals surface area contributed by atoms with Gasteiger partial charge in [-0.1, -0.05) is 30.9 Å². The molecule has 0 bridgehead atoms. The lowest BCUT2D eigenvalue weighted by Gasteiger charge is -2.20. The predicted octanol–water partition coefficient (Wildman–Crippen LogP) is 3.68. The molecule has 6 nitrogen and oxygen atoms in total.